The second-order valence-corrected chi connectivity index (χ2v) is 5.83. The molecule has 0 unspecified atom stereocenters. The molecule has 0 aliphatic heterocycles. The highest BCUT2D eigenvalue weighted by atomic mass is 19.1. The smallest absolute Gasteiger partial charge is 0.141 e. The third kappa shape index (κ3) is 2.87. The van der Waals surface area contributed by atoms with Crippen molar-refractivity contribution in [3.05, 3.63) is 84.2 Å². The molecule has 4 rings (SSSR count). The van der Waals surface area contributed by atoms with Crippen molar-refractivity contribution < 1.29 is 9.13 Å². The van der Waals surface area contributed by atoms with Gasteiger partial charge >= 0.3 is 0 Å². The molecular formula is C21H17FN2O. The van der Waals surface area contributed by atoms with E-state index in [0.717, 1.165) is 33.7 Å². The molecule has 0 radical (unpaired) electrons. The Morgan fingerprint density at radius 2 is 1.64 bits per heavy atom. The van der Waals surface area contributed by atoms with Crippen LogP contribution in [0, 0.1) is 5.82 Å². The van der Waals surface area contributed by atoms with E-state index in [1.165, 1.54) is 12.1 Å². The third-order valence-corrected chi connectivity index (χ3v) is 4.28. The topological polar surface area (TPSA) is 27.1 Å². The normalized spacial score (nSPS) is 11.0. The van der Waals surface area contributed by atoms with Crippen LogP contribution in [0.15, 0.2) is 72.8 Å². The Morgan fingerprint density at radius 3 is 2.44 bits per heavy atom. The van der Waals surface area contributed by atoms with Gasteiger partial charge in [0, 0.05) is 11.1 Å². The molecule has 0 bridgehead atoms. The van der Waals surface area contributed by atoms with Crippen LogP contribution in [-0.2, 0) is 6.54 Å². The molecule has 0 N–H and O–H groups in total. The number of methoxy groups -OCH3 is 1. The Labute approximate surface area is 145 Å². The molecule has 3 aromatic carbocycles. The molecule has 0 fully saturated rings. The summed E-state index contributed by atoms with van der Waals surface area (Å²) in [6.07, 6.45) is 0. The minimum atomic E-state index is -0.254. The van der Waals surface area contributed by atoms with E-state index in [1.807, 2.05) is 48.5 Å². The molecule has 0 aliphatic carbocycles. The van der Waals surface area contributed by atoms with E-state index in [1.54, 1.807) is 19.2 Å². The van der Waals surface area contributed by atoms with Crippen molar-refractivity contribution in [3.63, 3.8) is 0 Å². The van der Waals surface area contributed by atoms with E-state index in [9.17, 15) is 4.39 Å². The minimum absolute atomic E-state index is 0.254. The third-order valence-electron chi connectivity index (χ3n) is 4.28. The van der Waals surface area contributed by atoms with E-state index in [0.29, 0.717) is 6.54 Å². The van der Waals surface area contributed by atoms with Crippen molar-refractivity contribution in [2.24, 2.45) is 0 Å². The van der Waals surface area contributed by atoms with Gasteiger partial charge in [0.05, 0.1) is 24.7 Å². The monoisotopic (exact) mass is 332 g/mol. The Kier molecular flexibility index (Phi) is 3.94. The fourth-order valence-corrected chi connectivity index (χ4v) is 3.06. The number of rotatable bonds is 4. The maximum atomic E-state index is 13.3. The quantitative estimate of drug-likeness (QED) is 0.531. The number of halogens is 1. The highest BCUT2D eigenvalue weighted by Gasteiger charge is 2.14. The fraction of sp³-hybridized carbons (Fsp3) is 0.0952. The van der Waals surface area contributed by atoms with E-state index < -0.39 is 0 Å². The molecule has 4 aromatic rings. The Morgan fingerprint density at radius 1 is 0.920 bits per heavy atom. The number of aromatic nitrogens is 2. The molecule has 4 heteroatoms. The fourth-order valence-electron chi connectivity index (χ4n) is 3.06. The van der Waals surface area contributed by atoms with Gasteiger partial charge in [0.25, 0.3) is 0 Å². The Bertz CT molecular complexity index is 1020. The van der Waals surface area contributed by atoms with Crippen molar-refractivity contribution in [1.82, 2.24) is 9.55 Å². The van der Waals surface area contributed by atoms with Gasteiger partial charge in [-0.3, -0.25) is 0 Å². The molecule has 0 spiro atoms. The van der Waals surface area contributed by atoms with Crippen molar-refractivity contribution >= 4 is 11.0 Å². The standard InChI is InChI=1S/C21H17FN2O/c1-25-20-9-5-2-6-16(20)14-24-19-8-4-3-7-18(19)23-21(24)15-10-12-17(22)13-11-15/h2-13H,14H2,1H3. The zero-order chi connectivity index (χ0) is 17.2. The number of hydrogen-bond donors (Lipinski definition) is 0. The molecule has 25 heavy (non-hydrogen) atoms. The van der Waals surface area contributed by atoms with E-state index >= 15 is 0 Å². The van der Waals surface area contributed by atoms with Gasteiger partial charge in [-0.2, -0.15) is 0 Å². The minimum Gasteiger partial charge on any atom is -0.496 e. The average molecular weight is 332 g/mol. The lowest BCUT2D eigenvalue weighted by atomic mass is 10.1. The van der Waals surface area contributed by atoms with Crippen LogP contribution >= 0.6 is 0 Å². The van der Waals surface area contributed by atoms with Gasteiger partial charge in [0.15, 0.2) is 0 Å². The predicted octanol–water partition coefficient (Wildman–Crippen LogP) is 4.90. The molecule has 0 saturated carbocycles. The van der Waals surface area contributed by atoms with Gasteiger partial charge in [0.1, 0.15) is 17.4 Å². The van der Waals surface area contributed by atoms with E-state index in [-0.39, 0.29) is 5.82 Å². The number of hydrogen-bond acceptors (Lipinski definition) is 2. The number of imidazole rings is 1. The maximum Gasteiger partial charge on any atom is 0.141 e. The number of nitrogens with zero attached hydrogens (tertiary/aromatic N) is 2. The molecule has 0 saturated heterocycles. The Hall–Kier alpha value is -3.14. The summed E-state index contributed by atoms with van der Waals surface area (Å²) in [5.74, 6) is 1.40. The van der Waals surface area contributed by atoms with Crippen LogP contribution in [0.25, 0.3) is 22.4 Å². The van der Waals surface area contributed by atoms with Crippen LogP contribution in [0.5, 0.6) is 5.75 Å². The number of benzene rings is 3. The van der Waals surface area contributed by atoms with Crippen LogP contribution in [-0.4, -0.2) is 16.7 Å². The molecule has 0 aliphatic rings. The molecule has 1 heterocycles. The number of fused-ring (bicyclic) bond motifs is 1. The summed E-state index contributed by atoms with van der Waals surface area (Å²) < 4.78 is 20.9. The lowest BCUT2D eigenvalue weighted by Crippen LogP contribution is -2.04. The SMILES string of the molecule is COc1ccccc1Cn1c(-c2ccc(F)cc2)nc2ccccc21. The van der Waals surface area contributed by atoms with Crippen LogP contribution in [0.1, 0.15) is 5.56 Å². The predicted molar refractivity (Wildman–Crippen MR) is 97.2 cm³/mol. The molecule has 1 aromatic heterocycles. The molecule has 3 nitrogen and oxygen atoms in total. The second-order valence-electron chi connectivity index (χ2n) is 5.83. The number of ether oxygens (including phenoxy) is 1. The van der Waals surface area contributed by atoms with Crippen molar-refractivity contribution in [2.75, 3.05) is 7.11 Å². The van der Waals surface area contributed by atoms with Crippen LogP contribution in [0.4, 0.5) is 4.39 Å². The zero-order valence-corrected chi connectivity index (χ0v) is 13.8. The summed E-state index contributed by atoms with van der Waals surface area (Å²) in [6.45, 7) is 0.622. The van der Waals surface area contributed by atoms with Gasteiger partial charge in [-0.05, 0) is 42.5 Å². The van der Waals surface area contributed by atoms with Crippen molar-refractivity contribution in [2.45, 2.75) is 6.54 Å². The summed E-state index contributed by atoms with van der Waals surface area (Å²) in [7, 11) is 1.67. The zero-order valence-electron chi connectivity index (χ0n) is 13.8. The molecule has 0 atom stereocenters. The van der Waals surface area contributed by atoms with Gasteiger partial charge in [-0.15, -0.1) is 0 Å². The van der Waals surface area contributed by atoms with E-state index in [4.69, 9.17) is 9.72 Å². The summed E-state index contributed by atoms with van der Waals surface area (Å²) in [4.78, 5) is 4.76. The second kappa shape index (κ2) is 6.40. The van der Waals surface area contributed by atoms with Gasteiger partial charge in [-0.25, -0.2) is 9.37 Å². The highest BCUT2D eigenvalue weighted by Crippen LogP contribution is 2.28. The summed E-state index contributed by atoms with van der Waals surface area (Å²) in [6, 6.07) is 22.4. The highest BCUT2D eigenvalue weighted by molar-refractivity contribution is 5.80. The first-order valence-corrected chi connectivity index (χ1v) is 8.09. The largest absolute Gasteiger partial charge is 0.496 e. The summed E-state index contributed by atoms with van der Waals surface area (Å²) in [5.41, 5.74) is 3.90. The van der Waals surface area contributed by atoms with Crippen molar-refractivity contribution in [3.8, 4) is 17.1 Å². The van der Waals surface area contributed by atoms with E-state index in [2.05, 4.69) is 4.57 Å². The van der Waals surface area contributed by atoms with Gasteiger partial charge in [0.2, 0.25) is 0 Å². The summed E-state index contributed by atoms with van der Waals surface area (Å²) in [5, 5.41) is 0. The van der Waals surface area contributed by atoms with Crippen molar-refractivity contribution in [1.29, 1.82) is 0 Å². The van der Waals surface area contributed by atoms with Crippen LogP contribution in [0.2, 0.25) is 0 Å². The van der Waals surface area contributed by atoms with Crippen LogP contribution < -0.4 is 4.74 Å². The van der Waals surface area contributed by atoms with Gasteiger partial charge < -0.3 is 9.30 Å². The Balaban J connectivity index is 1.89. The first kappa shape index (κ1) is 15.4. The average Bonchev–Trinajstić information content (AvgIpc) is 3.01. The first-order chi connectivity index (χ1) is 12.3. The first-order valence-electron chi connectivity index (χ1n) is 8.09. The molecular weight excluding hydrogens is 315 g/mol. The molecule has 124 valence electrons. The lowest BCUT2D eigenvalue weighted by Gasteiger charge is -2.12. The lowest BCUT2D eigenvalue weighted by molar-refractivity contribution is 0.408. The summed E-state index contributed by atoms with van der Waals surface area (Å²) >= 11 is 0. The maximum absolute atomic E-state index is 13.3. The molecule has 0 amide bonds. The van der Waals surface area contributed by atoms with Gasteiger partial charge in [-0.1, -0.05) is 30.3 Å². The van der Waals surface area contributed by atoms with Crippen LogP contribution in [0.3, 0.4) is 0 Å². The number of para-hydroxylation sites is 3.